The van der Waals surface area contributed by atoms with Crippen molar-refractivity contribution >= 4 is 22.4 Å². The van der Waals surface area contributed by atoms with Gasteiger partial charge in [-0.3, -0.25) is 5.10 Å². The predicted octanol–water partition coefficient (Wildman–Crippen LogP) is 4.08. The fraction of sp³-hybridized carbons (Fsp3) is 0.379. The van der Waals surface area contributed by atoms with Crippen LogP contribution in [0.5, 0.6) is 11.6 Å². The van der Waals surface area contributed by atoms with Crippen LogP contribution in [-0.2, 0) is 6.54 Å². The number of nitrogens with zero attached hydrogens (tertiary/aromatic N) is 6. The largest absolute Gasteiger partial charge is 0.492 e. The number of H-pyrrole nitrogens is 1. The monoisotopic (exact) mass is 524 g/mol. The van der Waals surface area contributed by atoms with Crippen molar-refractivity contribution in [3.63, 3.8) is 0 Å². The Balaban J connectivity index is 1.03. The molecule has 0 radical (unpaired) electrons. The summed E-state index contributed by atoms with van der Waals surface area (Å²) in [5.41, 5.74) is 5.00. The molecule has 2 fully saturated rings. The quantitative estimate of drug-likeness (QED) is 0.313. The first kappa shape index (κ1) is 23.9. The molecule has 39 heavy (non-hydrogen) atoms. The summed E-state index contributed by atoms with van der Waals surface area (Å²) in [7, 11) is 1.64. The molecule has 200 valence electrons. The van der Waals surface area contributed by atoms with E-state index >= 15 is 0 Å². The standard InChI is InChI=1S/C29H32N8O2/c1-3-39-23-10-24(28-25-14-33-34-29(25)35-37(28)17-23)19-5-6-26(31-13-19)36-15-20-8-22(9-21(20)16-36)30-11-18-4-7-27(38-2)32-12-18/h4-7,10,12-14,17,20-22,30H,3,8-9,11,15-16H2,1-2H3,(H,34,35)/t20-,21?,22-/m0/s1. The fourth-order valence-corrected chi connectivity index (χ4v) is 6.29. The molecule has 2 aliphatic rings. The summed E-state index contributed by atoms with van der Waals surface area (Å²) < 4.78 is 12.9. The van der Waals surface area contributed by atoms with Gasteiger partial charge in [0.15, 0.2) is 5.65 Å². The average molecular weight is 525 g/mol. The summed E-state index contributed by atoms with van der Waals surface area (Å²) >= 11 is 0. The summed E-state index contributed by atoms with van der Waals surface area (Å²) in [5, 5.41) is 16.5. The molecule has 1 unspecified atom stereocenters. The maximum absolute atomic E-state index is 5.83. The second kappa shape index (κ2) is 9.85. The second-order valence-corrected chi connectivity index (χ2v) is 10.5. The van der Waals surface area contributed by atoms with Crippen molar-refractivity contribution in [1.29, 1.82) is 0 Å². The molecule has 10 heteroatoms. The van der Waals surface area contributed by atoms with Crippen LogP contribution in [-0.4, -0.2) is 62.6 Å². The van der Waals surface area contributed by atoms with Crippen molar-refractivity contribution in [2.24, 2.45) is 11.8 Å². The van der Waals surface area contributed by atoms with Crippen molar-refractivity contribution < 1.29 is 9.47 Å². The number of hydrogen-bond donors (Lipinski definition) is 2. The zero-order valence-corrected chi connectivity index (χ0v) is 22.2. The molecule has 1 saturated carbocycles. The third-order valence-electron chi connectivity index (χ3n) is 8.15. The van der Waals surface area contributed by atoms with Crippen LogP contribution >= 0.6 is 0 Å². The molecule has 1 aliphatic carbocycles. The van der Waals surface area contributed by atoms with Gasteiger partial charge in [-0.05, 0) is 55.4 Å². The van der Waals surface area contributed by atoms with Crippen LogP contribution in [0.2, 0.25) is 0 Å². The lowest BCUT2D eigenvalue weighted by Crippen LogP contribution is -2.30. The Morgan fingerprint density at radius 1 is 1.05 bits per heavy atom. The molecule has 0 amide bonds. The zero-order chi connectivity index (χ0) is 26.3. The van der Waals surface area contributed by atoms with Crippen LogP contribution in [0.25, 0.3) is 27.7 Å². The van der Waals surface area contributed by atoms with Gasteiger partial charge in [-0.15, -0.1) is 5.10 Å². The van der Waals surface area contributed by atoms with Gasteiger partial charge in [-0.1, -0.05) is 6.07 Å². The van der Waals surface area contributed by atoms with E-state index in [1.54, 1.807) is 7.11 Å². The lowest BCUT2D eigenvalue weighted by atomic mass is 10.0. The Bertz CT molecular complexity index is 1580. The first-order valence-electron chi connectivity index (χ1n) is 13.6. The van der Waals surface area contributed by atoms with Crippen LogP contribution in [0.4, 0.5) is 5.82 Å². The van der Waals surface area contributed by atoms with Crippen LogP contribution in [0, 0.1) is 11.8 Å². The van der Waals surface area contributed by atoms with E-state index in [-0.39, 0.29) is 0 Å². The van der Waals surface area contributed by atoms with Gasteiger partial charge >= 0.3 is 0 Å². The van der Waals surface area contributed by atoms with Gasteiger partial charge in [-0.2, -0.15) is 5.10 Å². The number of ether oxygens (including phenoxy) is 2. The Morgan fingerprint density at radius 2 is 1.92 bits per heavy atom. The minimum Gasteiger partial charge on any atom is -0.492 e. The van der Waals surface area contributed by atoms with Crippen LogP contribution in [0.3, 0.4) is 0 Å². The van der Waals surface area contributed by atoms with E-state index in [4.69, 9.17) is 14.5 Å². The summed E-state index contributed by atoms with van der Waals surface area (Å²) in [5.74, 6) is 3.87. The number of pyridine rings is 3. The Kier molecular flexibility index (Phi) is 6.04. The van der Waals surface area contributed by atoms with E-state index in [1.807, 2.05) is 42.3 Å². The molecule has 5 aromatic rings. The highest BCUT2D eigenvalue weighted by Gasteiger charge is 2.41. The zero-order valence-electron chi connectivity index (χ0n) is 22.2. The number of methoxy groups -OCH3 is 1. The van der Waals surface area contributed by atoms with Gasteiger partial charge in [-0.25, -0.2) is 14.5 Å². The summed E-state index contributed by atoms with van der Waals surface area (Å²) in [6.07, 6.45) is 10.0. The normalized spacial score (nSPS) is 20.7. The number of aromatic nitrogens is 6. The lowest BCUT2D eigenvalue weighted by molar-refractivity contribution is 0.338. The number of rotatable bonds is 8. The van der Waals surface area contributed by atoms with E-state index in [0.717, 1.165) is 58.9 Å². The van der Waals surface area contributed by atoms with Crippen LogP contribution < -0.4 is 19.7 Å². The number of aromatic amines is 1. The molecular weight excluding hydrogens is 492 g/mol. The summed E-state index contributed by atoms with van der Waals surface area (Å²) in [6.45, 7) is 5.53. The molecular formula is C29H32N8O2. The molecule has 0 aromatic carbocycles. The van der Waals surface area contributed by atoms with E-state index in [0.29, 0.717) is 30.4 Å². The first-order chi connectivity index (χ1) is 19.2. The maximum atomic E-state index is 5.83. The minimum absolute atomic E-state index is 0.551. The molecule has 0 bridgehead atoms. The highest BCUT2D eigenvalue weighted by atomic mass is 16.5. The molecule has 5 aromatic heterocycles. The van der Waals surface area contributed by atoms with Gasteiger partial charge in [0.05, 0.1) is 37.0 Å². The molecule has 7 rings (SSSR count). The third-order valence-corrected chi connectivity index (χ3v) is 8.15. The third kappa shape index (κ3) is 4.44. The molecule has 0 spiro atoms. The van der Waals surface area contributed by atoms with Gasteiger partial charge < -0.3 is 19.7 Å². The summed E-state index contributed by atoms with van der Waals surface area (Å²) in [6, 6.07) is 10.9. The number of nitrogens with one attached hydrogen (secondary N) is 2. The predicted molar refractivity (Wildman–Crippen MR) is 149 cm³/mol. The first-order valence-corrected chi connectivity index (χ1v) is 13.6. The molecule has 3 atom stereocenters. The Hall–Kier alpha value is -4.18. The maximum Gasteiger partial charge on any atom is 0.212 e. The highest BCUT2D eigenvalue weighted by molar-refractivity contribution is 6.00. The molecule has 10 nitrogen and oxygen atoms in total. The van der Waals surface area contributed by atoms with Gasteiger partial charge in [0.25, 0.3) is 0 Å². The average Bonchev–Trinajstić information content (AvgIpc) is 3.73. The summed E-state index contributed by atoms with van der Waals surface area (Å²) in [4.78, 5) is 11.7. The minimum atomic E-state index is 0.551. The van der Waals surface area contributed by atoms with Crippen molar-refractivity contribution in [2.45, 2.75) is 32.4 Å². The van der Waals surface area contributed by atoms with E-state index in [2.05, 4.69) is 54.8 Å². The molecule has 1 aliphatic heterocycles. The topological polar surface area (TPSA) is 105 Å². The Morgan fingerprint density at radius 3 is 2.64 bits per heavy atom. The SMILES string of the molecule is CCOc1cc(-c2ccc(N3CC4C[C@@H](NCc5ccc(OC)nc5)C[C@H]4C3)nc2)c2c3cn[nH]c3nn2c1. The van der Waals surface area contributed by atoms with Crippen molar-refractivity contribution in [1.82, 2.24) is 35.1 Å². The number of anilines is 1. The van der Waals surface area contributed by atoms with Gasteiger partial charge in [0, 0.05) is 55.3 Å². The van der Waals surface area contributed by atoms with Crippen LogP contribution in [0.15, 0.2) is 55.1 Å². The van der Waals surface area contributed by atoms with E-state index < -0.39 is 0 Å². The van der Waals surface area contributed by atoms with Gasteiger partial charge in [0.2, 0.25) is 5.88 Å². The number of hydrogen-bond acceptors (Lipinski definition) is 8. The Labute approximate surface area is 226 Å². The molecule has 2 N–H and O–H groups in total. The van der Waals surface area contributed by atoms with Crippen molar-refractivity contribution in [3.05, 3.63) is 60.7 Å². The molecule has 1 saturated heterocycles. The van der Waals surface area contributed by atoms with E-state index in [9.17, 15) is 0 Å². The fourth-order valence-electron chi connectivity index (χ4n) is 6.29. The van der Waals surface area contributed by atoms with E-state index in [1.165, 1.54) is 18.4 Å². The van der Waals surface area contributed by atoms with Gasteiger partial charge in [0.1, 0.15) is 11.6 Å². The van der Waals surface area contributed by atoms with Crippen molar-refractivity contribution in [3.8, 4) is 22.8 Å². The molecule has 6 heterocycles. The second-order valence-electron chi connectivity index (χ2n) is 10.5. The van der Waals surface area contributed by atoms with Crippen LogP contribution in [0.1, 0.15) is 25.3 Å². The number of fused-ring (bicyclic) bond motifs is 4. The smallest absolute Gasteiger partial charge is 0.212 e. The highest BCUT2D eigenvalue weighted by Crippen LogP contribution is 2.40. The lowest BCUT2D eigenvalue weighted by Gasteiger charge is -2.21. The van der Waals surface area contributed by atoms with Crippen molar-refractivity contribution in [2.75, 3.05) is 31.7 Å².